The monoisotopic (exact) mass is 374 g/mol. The van der Waals surface area contributed by atoms with Crippen molar-refractivity contribution in [1.29, 1.82) is 0 Å². The third kappa shape index (κ3) is 5.08. The van der Waals surface area contributed by atoms with Gasteiger partial charge in [0, 0.05) is 36.9 Å². The average molecular weight is 375 g/mol. The Hall–Kier alpha value is -1.85. The Bertz CT molecular complexity index is 728. The summed E-state index contributed by atoms with van der Waals surface area (Å²) in [7, 11) is 1.86. The molecule has 1 saturated heterocycles. The second kappa shape index (κ2) is 8.69. The van der Waals surface area contributed by atoms with Crippen molar-refractivity contribution >= 4 is 17.5 Å². The van der Waals surface area contributed by atoms with Gasteiger partial charge in [0.25, 0.3) is 0 Å². The number of nitrogens with one attached hydrogen (secondary N) is 1. The van der Waals surface area contributed by atoms with Crippen molar-refractivity contribution in [3.63, 3.8) is 0 Å². The molecular weight excluding hydrogens is 348 g/mol. The summed E-state index contributed by atoms with van der Waals surface area (Å²) in [4.78, 5) is 14.8. The van der Waals surface area contributed by atoms with Gasteiger partial charge in [0.05, 0.1) is 12.6 Å². The number of hydrogen-bond donors (Lipinski definition) is 1. The van der Waals surface area contributed by atoms with E-state index >= 15 is 0 Å². The van der Waals surface area contributed by atoms with Crippen LogP contribution in [0.4, 0.5) is 0 Å². The topological polar surface area (TPSA) is 50.2 Å². The van der Waals surface area contributed by atoms with E-state index in [0.717, 1.165) is 42.9 Å². The van der Waals surface area contributed by atoms with Crippen LogP contribution in [0.15, 0.2) is 36.7 Å². The maximum absolute atomic E-state index is 12.3. The van der Waals surface area contributed by atoms with Gasteiger partial charge in [-0.3, -0.25) is 14.4 Å². The molecule has 2 atom stereocenters. The number of halogens is 1. The molecule has 2 unspecified atom stereocenters. The van der Waals surface area contributed by atoms with Gasteiger partial charge in [-0.1, -0.05) is 23.7 Å². The summed E-state index contributed by atoms with van der Waals surface area (Å²) in [5.74, 6) is 0.0854. The first-order valence-electron chi connectivity index (χ1n) is 9.27. The number of benzene rings is 1. The predicted molar refractivity (Wildman–Crippen MR) is 104 cm³/mol. The number of carbonyl (C=O) groups excluding carboxylic acids is 1. The summed E-state index contributed by atoms with van der Waals surface area (Å²) in [6.45, 7) is 4.28. The van der Waals surface area contributed by atoms with Crippen molar-refractivity contribution in [3.8, 4) is 0 Å². The molecule has 0 saturated carbocycles. The van der Waals surface area contributed by atoms with Crippen LogP contribution in [0.2, 0.25) is 5.02 Å². The summed E-state index contributed by atoms with van der Waals surface area (Å²) in [5.41, 5.74) is 2.24. The van der Waals surface area contributed by atoms with Crippen LogP contribution in [-0.4, -0.2) is 39.7 Å². The Labute approximate surface area is 160 Å². The maximum Gasteiger partial charge on any atom is 0.224 e. The lowest BCUT2D eigenvalue weighted by Crippen LogP contribution is -2.36. The summed E-state index contributed by atoms with van der Waals surface area (Å²) >= 11 is 6.00. The van der Waals surface area contributed by atoms with Crippen LogP contribution in [0.3, 0.4) is 0 Å². The zero-order valence-electron chi connectivity index (χ0n) is 15.5. The number of aromatic nitrogens is 2. The molecule has 1 aromatic heterocycles. The Morgan fingerprint density at radius 1 is 1.31 bits per heavy atom. The van der Waals surface area contributed by atoms with Crippen LogP contribution >= 0.6 is 11.6 Å². The molecule has 1 N–H and O–H groups in total. The van der Waals surface area contributed by atoms with Gasteiger partial charge in [-0.25, -0.2) is 0 Å². The van der Waals surface area contributed by atoms with Gasteiger partial charge >= 0.3 is 0 Å². The van der Waals surface area contributed by atoms with Crippen molar-refractivity contribution in [3.05, 3.63) is 52.8 Å². The van der Waals surface area contributed by atoms with Crippen LogP contribution in [0.5, 0.6) is 0 Å². The molecule has 2 heterocycles. The van der Waals surface area contributed by atoms with Gasteiger partial charge in [-0.2, -0.15) is 5.10 Å². The van der Waals surface area contributed by atoms with Gasteiger partial charge < -0.3 is 5.32 Å². The number of amides is 1. The Kier molecular flexibility index (Phi) is 6.33. The lowest BCUT2D eigenvalue weighted by molar-refractivity contribution is -0.121. The van der Waals surface area contributed by atoms with E-state index < -0.39 is 0 Å². The van der Waals surface area contributed by atoms with E-state index in [-0.39, 0.29) is 11.9 Å². The first-order valence-corrected chi connectivity index (χ1v) is 9.65. The molecule has 5 nitrogen and oxygen atoms in total. The van der Waals surface area contributed by atoms with E-state index in [2.05, 4.69) is 34.4 Å². The molecule has 0 aliphatic carbocycles. The largest absolute Gasteiger partial charge is 0.353 e. The number of nitrogens with zero attached hydrogens (tertiary/aromatic N) is 3. The standard InChI is InChI=1S/C20H27ClN4O/c1-15(17-5-7-18(21)8-6-17)25-10-3-4-19(9-11-25)23-20(26)12-16-13-22-24(2)14-16/h5-8,13-15,19H,3-4,9-12H2,1-2H3,(H,23,26). The van der Waals surface area contributed by atoms with Gasteiger partial charge in [0.15, 0.2) is 0 Å². The number of carbonyl (C=O) groups is 1. The fourth-order valence-electron chi connectivity index (χ4n) is 3.63. The fourth-order valence-corrected chi connectivity index (χ4v) is 3.76. The summed E-state index contributed by atoms with van der Waals surface area (Å²) < 4.78 is 1.73. The van der Waals surface area contributed by atoms with Crippen molar-refractivity contribution < 1.29 is 4.79 Å². The Morgan fingerprint density at radius 2 is 2.08 bits per heavy atom. The molecule has 1 amide bonds. The van der Waals surface area contributed by atoms with Crippen LogP contribution in [0, 0.1) is 0 Å². The van der Waals surface area contributed by atoms with Gasteiger partial charge in [0.2, 0.25) is 5.91 Å². The van der Waals surface area contributed by atoms with Crippen molar-refractivity contribution in [2.45, 2.75) is 44.7 Å². The molecule has 0 bridgehead atoms. The molecule has 1 aliphatic heterocycles. The first-order chi connectivity index (χ1) is 12.5. The molecule has 140 valence electrons. The van der Waals surface area contributed by atoms with Crippen LogP contribution in [-0.2, 0) is 18.3 Å². The van der Waals surface area contributed by atoms with E-state index in [9.17, 15) is 4.79 Å². The van der Waals surface area contributed by atoms with E-state index in [1.165, 1.54) is 5.56 Å². The van der Waals surface area contributed by atoms with Crippen molar-refractivity contribution in [2.75, 3.05) is 13.1 Å². The average Bonchev–Trinajstić information content (AvgIpc) is 2.88. The van der Waals surface area contributed by atoms with Crippen LogP contribution in [0.25, 0.3) is 0 Å². The molecule has 0 radical (unpaired) electrons. The minimum atomic E-state index is 0.0854. The molecule has 1 aromatic carbocycles. The zero-order valence-corrected chi connectivity index (χ0v) is 16.2. The Morgan fingerprint density at radius 3 is 2.77 bits per heavy atom. The molecule has 3 rings (SSSR count). The minimum Gasteiger partial charge on any atom is -0.353 e. The first kappa shape index (κ1) is 18.9. The molecular formula is C20H27ClN4O. The second-order valence-corrected chi connectivity index (χ2v) is 7.59. The maximum atomic E-state index is 12.3. The number of aryl methyl sites for hydroxylation is 1. The highest BCUT2D eigenvalue weighted by molar-refractivity contribution is 6.30. The van der Waals surface area contributed by atoms with Crippen LogP contribution in [0.1, 0.15) is 43.4 Å². The summed E-state index contributed by atoms with van der Waals surface area (Å²) in [5, 5.41) is 8.09. The lowest BCUT2D eigenvalue weighted by atomic mass is 10.1. The van der Waals surface area contributed by atoms with Gasteiger partial charge in [0.1, 0.15) is 0 Å². The van der Waals surface area contributed by atoms with E-state index in [1.54, 1.807) is 10.9 Å². The normalized spacial score (nSPS) is 19.7. The lowest BCUT2D eigenvalue weighted by Gasteiger charge is -2.28. The molecule has 26 heavy (non-hydrogen) atoms. The number of likely N-dealkylation sites (tertiary alicyclic amines) is 1. The summed E-state index contributed by atoms with van der Waals surface area (Å²) in [6, 6.07) is 8.72. The molecule has 1 fully saturated rings. The molecule has 2 aromatic rings. The fraction of sp³-hybridized carbons (Fsp3) is 0.500. The predicted octanol–water partition coefficient (Wildman–Crippen LogP) is 3.35. The third-order valence-electron chi connectivity index (χ3n) is 5.15. The number of hydrogen-bond acceptors (Lipinski definition) is 3. The van der Waals surface area contributed by atoms with E-state index in [1.807, 2.05) is 25.4 Å². The number of rotatable bonds is 5. The molecule has 1 aliphatic rings. The highest BCUT2D eigenvalue weighted by atomic mass is 35.5. The third-order valence-corrected chi connectivity index (χ3v) is 5.40. The van der Waals surface area contributed by atoms with E-state index in [4.69, 9.17) is 11.6 Å². The minimum absolute atomic E-state index is 0.0854. The smallest absolute Gasteiger partial charge is 0.224 e. The Balaban J connectivity index is 1.51. The highest BCUT2D eigenvalue weighted by Gasteiger charge is 2.22. The second-order valence-electron chi connectivity index (χ2n) is 7.16. The molecule has 0 spiro atoms. The summed E-state index contributed by atoms with van der Waals surface area (Å²) in [6.07, 6.45) is 7.15. The van der Waals surface area contributed by atoms with Gasteiger partial charge in [-0.15, -0.1) is 0 Å². The van der Waals surface area contributed by atoms with Crippen LogP contribution < -0.4 is 5.32 Å². The van der Waals surface area contributed by atoms with Crippen molar-refractivity contribution in [1.82, 2.24) is 20.0 Å². The highest BCUT2D eigenvalue weighted by Crippen LogP contribution is 2.25. The molecule has 6 heteroatoms. The SMILES string of the molecule is CC(c1ccc(Cl)cc1)N1CCCC(NC(=O)Cc2cnn(C)c2)CC1. The van der Waals surface area contributed by atoms with E-state index in [0.29, 0.717) is 12.5 Å². The zero-order chi connectivity index (χ0) is 18.5. The quantitative estimate of drug-likeness (QED) is 0.873. The van der Waals surface area contributed by atoms with Crippen molar-refractivity contribution in [2.24, 2.45) is 7.05 Å². The van der Waals surface area contributed by atoms with Gasteiger partial charge in [-0.05, 0) is 56.0 Å².